The number of anilines is 1. The first-order valence-electron chi connectivity index (χ1n) is 9.85. The number of hydrogen-bond donors (Lipinski definition) is 1. The van der Waals surface area contributed by atoms with Gasteiger partial charge in [-0.25, -0.2) is 0 Å². The van der Waals surface area contributed by atoms with Crippen LogP contribution in [0.5, 0.6) is 0 Å². The smallest absolute Gasteiger partial charge is 0.255 e. The second-order valence-corrected chi connectivity index (χ2v) is 7.06. The maximum atomic E-state index is 12.7. The third-order valence-electron chi connectivity index (χ3n) is 5.13. The van der Waals surface area contributed by atoms with Crippen LogP contribution in [0.25, 0.3) is 0 Å². The van der Waals surface area contributed by atoms with Crippen LogP contribution in [0.15, 0.2) is 115 Å². The predicted molar refractivity (Wildman–Crippen MR) is 119 cm³/mol. The van der Waals surface area contributed by atoms with E-state index in [0.29, 0.717) is 5.56 Å². The van der Waals surface area contributed by atoms with Gasteiger partial charge in [-0.1, -0.05) is 97.1 Å². The van der Waals surface area contributed by atoms with Gasteiger partial charge in [0.1, 0.15) is 0 Å². The van der Waals surface area contributed by atoms with Crippen molar-refractivity contribution in [1.29, 1.82) is 0 Å². The molecule has 4 aromatic carbocycles. The van der Waals surface area contributed by atoms with E-state index in [9.17, 15) is 4.79 Å². The molecule has 2 nitrogen and oxygen atoms in total. The Morgan fingerprint density at radius 3 is 1.69 bits per heavy atom. The van der Waals surface area contributed by atoms with E-state index >= 15 is 0 Å². The molecule has 1 amide bonds. The van der Waals surface area contributed by atoms with E-state index in [2.05, 4.69) is 59.9 Å². The summed E-state index contributed by atoms with van der Waals surface area (Å²) in [7, 11) is 0. The third-order valence-corrected chi connectivity index (χ3v) is 5.13. The Balaban J connectivity index is 1.64. The third kappa shape index (κ3) is 4.61. The van der Waals surface area contributed by atoms with Crippen LogP contribution in [-0.2, 0) is 6.42 Å². The number of para-hydroxylation sites is 1. The van der Waals surface area contributed by atoms with E-state index in [-0.39, 0.29) is 11.8 Å². The Morgan fingerprint density at radius 2 is 1.10 bits per heavy atom. The molecule has 0 bridgehead atoms. The fourth-order valence-electron chi connectivity index (χ4n) is 3.62. The number of amides is 1. The van der Waals surface area contributed by atoms with Crippen LogP contribution in [0.1, 0.15) is 33.0 Å². The zero-order valence-electron chi connectivity index (χ0n) is 16.2. The molecule has 142 valence electrons. The van der Waals surface area contributed by atoms with Gasteiger partial charge in [-0.2, -0.15) is 0 Å². The Morgan fingerprint density at radius 1 is 0.621 bits per heavy atom. The summed E-state index contributed by atoms with van der Waals surface area (Å²) in [6, 6.07) is 38.5. The van der Waals surface area contributed by atoms with Gasteiger partial charge in [-0.3, -0.25) is 4.79 Å². The topological polar surface area (TPSA) is 29.1 Å². The van der Waals surface area contributed by atoms with Crippen molar-refractivity contribution < 1.29 is 4.79 Å². The standard InChI is InChI=1S/C27H23NO/c29-27(23-16-8-3-9-17-23)28-26-19-11-10-18-24(26)20-25(21-12-4-1-5-13-21)22-14-6-2-7-15-22/h1-19,25H,20H2,(H,28,29). The molecule has 0 radical (unpaired) electrons. The molecule has 0 unspecified atom stereocenters. The first kappa shape index (κ1) is 18.7. The maximum absolute atomic E-state index is 12.7. The molecule has 0 atom stereocenters. The second kappa shape index (κ2) is 9.03. The van der Waals surface area contributed by atoms with Crippen LogP contribution >= 0.6 is 0 Å². The number of carbonyl (C=O) groups is 1. The highest BCUT2D eigenvalue weighted by Gasteiger charge is 2.17. The van der Waals surface area contributed by atoms with Crippen LogP contribution in [0.3, 0.4) is 0 Å². The molecule has 0 aliphatic heterocycles. The lowest BCUT2D eigenvalue weighted by Crippen LogP contribution is -2.14. The monoisotopic (exact) mass is 377 g/mol. The van der Waals surface area contributed by atoms with Crippen LogP contribution in [0, 0.1) is 0 Å². The number of nitrogens with one attached hydrogen (secondary N) is 1. The number of hydrogen-bond acceptors (Lipinski definition) is 1. The summed E-state index contributed by atoms with van der Waals surface area (Å²) in [4.78, 5) is 12.7. The Kier molecular flexibility index (Phi) is 5.82. The highest BCUT2D eigenvalue weighted by molar-refractivity contribution is 6.04. The van der Waals surface area contributed by atoms with Crippen LogP contribution in [0.2, 0.25) is 0 Å². The minimum Gasteiger partial charge on any atom is -0.322 e. The number of carbonyl (C=O) groups excluding carboxylic acids is 1. The van der Waals surface area contributed by atoms with Gasteiger partial charge in [-0.05, 0) is 41.3 Å². The van der Waals surface area contributed by atoms with Crippen LogP contribution < -0.4 is 5.32 Å². The fraction of sp³-hybridized carbons (Fsp3) is 0.0741. The summed E-state index contributed by atoms with van der Waals surface area (Å²) in [5.74, 6) is 0.126. The molecule has 4 aromatic rings. The van der Waals surface area contributed by atoms with Crippen molar-refractivity contribution in [1.82, 2.24) is 0 Å². The Hall–Kier alpha value is -3.65. The van der Waals surface area contributed by atoms with Crippen molar-refractivity contribution >= 4 is 11.6 Å². The van der Waals surface area contributed by atoms with E-state index < -0.39 is 0 Å². The zero-order chi connectivity index (χ0) is 19.9. The normalized spacial score (nSPS) is 10.7. The molecule has 0 heterocycles. The molecule has 2 heteroatoms. The summed E-state index contributed by atoms with van der Waals surface area (Å²) >= 11 is 0. The largest absolute Gasteiger partial charge is 0.322 e. The van der Waals surface area contributed by atoms with Gasteiger partial charge in [0.25, 0.3) is 5.91 Å². The van der Waals surface area contributed by atoms with E-state index in [4.69, 9.17) is 0 Å². The van der Waals surface area contributed by atoms with E-state index in [1.54, 1.807) is 0 Å². The summed E-state index contributed by atoms with van der Waals surface area (Å²) < 4.78 is 0. The van der Waals surface area contributed by atoms with Gasteiger partial charge >= 0.3 is 0 Å². The van der Waals surface area contributed by atoms with Gasteiger partial charge in [-0.15, -0.1) is 0 Å². The molecule has 0 fully saturated rings. The summed E-state index contributed by atoms with van der Waals surface area (Å²) in [5.41, 5.74) is 5.17. The minimum atomic E-state index is -0.0889. The van der Waals surface area contributed by atoms with E-state index in [1.165, 1.54) is 11.1 Å². The van der Waals surface area contributed by atoms with Crippen molar-refractivity contribution in [2.45, 2.75) is 12.3 Å². The van der Waals surface area contributed by atoms with Gasteiger partial charge in [0.2, 0.25) is 0 Å². The van der Waals surface area contributed by atoms with Crippen LogP contribution in [-0.4, -0.2) is 5.91 Å². The molecule has 0 spiro atoms. The second-order valence-electron chi connectivity index (χ2n) is 7.06. The molecule has 0 saturated carbocycles. The molecule has 0 aromatic heterocycles. The predicted octanol–water partition coefficient (Wildman–Crippen LogP) is 6.31. The first-order chi connectivity index (χ1) is 14.3. The lowest BCUT2D eigenvalue weighted by molar-refractivity contribution is 0.102. The van der Waals surface area contributed by atoms with Gasteiger partial charge in [0.05, 0.1) is 0 Å². The lowest BCUT2D eigenvalue weighted by Gasteiger charge is -2.20. The quantitative estimate of drug-likeness (QED) is 0.419. The van der Waals surface area contributed by atoms with Gasteiger partial charge in [0.15, 0.2) is 0 Å². The van der Waals surface area contributed by atoms with Crippen LogP contribution in [0.4, 0.5) is 5.69 Å². The van der Waals surface area contributed by atoms with Crippen molar-refractivity contribution in [3.63, 3.8) is 0 Å². The fourth-order valence-corrected chi connectivity index (χ4v) is 3.62. The van der Waals surface area contributed by atoms with Crippen molar-refractivity contribution in [2.24, 2.45) is 0 Å². The molecule has 0 saturated heterocycles. The van der Waals surface area contributed by atoms with E-state index in [1.807, 2.05) is 60.7 Å². The lowest BCUT2D eigenvalue weighted by atomic mass is 9.85. The molecule has 0 aliphatic rings. The Bertz CT molecular complexity index is 1020. The molecule has 1 N–H and O–H groups in total. The Labute approximate surface area is 171 Å². The average molecular weight is 377 g/mol. The first-order valence-corrected chi connectivity index (χ1v) is 9.85. The van der Waals surface area contributed by atoms with Gasteiger partial charge < -0.3 is 5.32 Å². The van der Waals surface area contributed by atoms with Gasteiger partial charge in [0, 0.05) is 17.2 Å². The molecule has 0 aliphatic carbocycles. The highest BCUT2D eigenvalue weighted by atomic mass is 16.1. The molecular weight excluding hydrogens is 354 g/mol. The molecular formula is C27H23NO. The summed E-state index contributed by atoms with van der Waals surface area (Å²) in [6.45, 7) is 0. The number of rotatable bonds is 6. The average Bonchev–Trinajstić information content (AvgIpc) is 2.80. The SMILES string of the molecule is O=C(Nc1ccccc1CC(c1ccccc1)c1ccccc1)c1ccccc1. The minimum absolute atomic E-state index is 0.0889. The number of benzene rings is 4. The summed E-state index contributed by atoms with van der Waals surface area (Å²) in [5, 5.41) is 3.10. The van der Waals surface area contributed by atoms with E-state index in [0.717, 1.165) is 17.7 Å². The zero-order valence-corrected chi connectivity index (χ0v) is 16.2. The van der Waals surface area contributed by atoms with Crippen molar-refractivity contribution in [3.05, 3.63) is 138 Å². The van der Waals surface area contributed by atoms with Crippen molar-refractivity contribution in [3.8, 4) is 0 Å². The molecule has 29 heavy (non-hydrogen) atoms. The van der Waals surface area contributed by atoms with Crippen molar-refractivity contribution in [2.75, 3.05) is 5.32 Å². The maximum Gasteiger partial charge on any atom is 0.255 e. The molecule has 4 rings (SSSR count). The summed E-state index contributed by atoms with van der Waals surface area (Å²) in [6.07, 6.45) is 0.805. The highest BCUT2D eigenvalue weighted by Crippen LogP contribution is 2.31.